The number of hydrogen-bond donors (Lipinski definition) is 2. The van der Waals surface area contributed by atoms with Gasteiger partial charge in [0, 0.05) is 47.2 Å². The summed E-state index contributed by atoms with van der Waals surface area (Å²) in [5.41, 5.74) is 9.85. The number of nitrogens with zero attached hydrogens (tertiary/aromatic N) is 4. The summed E-state index contributed by atoms with van der Waals surface area (Å²) < 4.78 is 0. The molecule has 0 atom stereocenters. The molecule has 1 fully saturated rings. The monoisotopic (exact) mass is 442 g/mol. The molecule has 1 aliphatic carbocycles. The molecule has 3 aromatic heterocycles. The highest BCUT2D eigenvalue weighted by atomic mass is 16.2. The SMILES string of the molecule is C/C=c1/c(N)nc(-c2cnccc2C)c/c1=C/C(=C/CC)NC(=O)C1CC1.c1cncnc1. The van der Waals surface area contributed by atoms with E-state index in [1.165, 1.54) is 6.33 Å². The first kappa shape index (κ1) is 23.8. The number of nitrogens with two attached hydrogens (primary N) is 1. The maximum atomic E-state index is 12.2. The summed E-state index contributed by atoms with van der Waals surface area (Å²) in [6, 6.07) is 5.73. The number of allylic oxidation sites excluding steroid dienone is 2. The zero-order valence-corrected chi connectivity index (χ0v) is 19.3. The van der Waals surface area contributed by atoms with E-state index < -0.39 is 0 Å². The van der Waals surface area contributed by atoms with Crippen LogP contribution in [0.15, 0.2) is 61.1 Å². The summed E-state index contributed by atoms with van der Waals surface area (Å²) in [6.07, 6.45) is 17.2. The Morgan fingerprint density at radius 2 is 1.97 bits per heavy atom. The van der Waals surface area contributed by atoms with Gasteiger partial charge in [0.05, 0.1) is 5.69 Å². The summed E-state index contributed by atoms with van der Waals surface area (Å²) in [6.45, 7) is 6.01. The van der Waals surface area contributed by atoms with E-state index in [1.54, 1.807) is 30.9 Å². The minimum atomic E-state index is 0.0957. The van der Waals surface area contributed by atoms with Crippen molar-refractivity contribution in [3.05, 3.63) is 77.1 Å². The fourth-order valence-corrected chi connectivity index (χ4v) is 3.28. The number of aromatic nitrogens is 4. The van der Waals surface area contributed by atoms with Gasteiger partial charge >= 0.3 is 0 Å². The Bertz CT molecular complexity index is 1210. The Balaban J connectivity index is 0.000000442. The number of pyridine rings is 2. The van der Waals surface area contributed by atoms with Gasteiger partial charge in [0.2, 0.25) is 5.91 Å². The Morgan fingerprint density at radius 3 is 2.52 bits per heavy atom. The van der Waals surface area contributed by atoms with Crippen LogP contribution < -0.4 is 21.5 Å². The molecule has 3 aromatic rings. The number of amides is 1. The second kappa shape index (κ2) is 11.7. The van der Waals surface area contributed by atoms with Crippen molar-refractivity contribution in [2.75, 3.05) is 5.73 Å². The van der Waals surface area contributed by atoms with Gasteiger partial charge in [0.25, 0.3) is 0 Å². The fourth-order valence-electron chi connectivity index (χ4n) is 3.28. The van der Waals surface area contributed by atoms with Gasteiger partial charge in [0.15, 0.2) is 0 Å². The standard InChI is InChI=1S/C22H26N4O.C4H4N2/c1-4-6-17(25-22(27)15-7-8-15)11-16-12-20(26-21(23)18(16)5-2)19-13-24-10-9-14(19)3;1-2-5-4-6-3-1/h5-6,9-13,15H,4,7-8H2,1-3H3,(H2,23,26)(H,25,27);1-4H/b16-11-,17-6-,18-5+;. The van der Waals surface area contributed by atoms with Crippen molar-refractivity contribution in [2.45, 2.75) is 40.0 Å². The van der Waals surface area contributed by atoms with Crippen LogP contribution in [0.2, 0.25) is 0 Å². The topological polar surface area (TPSA) is 107 Å². The first-order valence-corrected chi connectivity index (χ1v) is 11.1. The number of hydrogen-bond acceptors (Lipinski definition) is 6. The zero-order valence-electron chi connectivity index (χ0n) is 19.3. The maximum absolute atomic E-state index is 12.2. The van der Waals surface area contributed by atoms with Crippen molar-refractivity contribution in [3.8, 4) is 11.3 Å². The van der Waals surface area contributed by atoms with Crippen LogP contribution in [0, 0.1) is 12.8 Å². The number of nitrogens with one attached hydrogen (secondary N) is 1. The summed E-state index contributed by atoms with van der Waals surface area (Å²) in [5, 5.41) is 4.84. The van der Waals surface area contributed by atoms with E-state index in [1.807, 2.05) is 44.2 Å². The van der Waals surface area contributed by atoms with Crippen LogP contribution in [0.5, 0.6) is 0 Å². The lowest BCUT2D eigenvalue weighted by molar-refractivity contribution is -0.121. The second-order valence-corrected chi connectivity index (χ2v) is 7.75. The van der Waals surface area contributed by atoms with Gasteiger partial charge in [-0.2, -0.15) is 0 Å². The van der Waals surface area contributed by atoms with Crippen LogP contribution in [-0.4, -0.2) is 25.8 Å². The summed E-state index contributed by atoms with van der Waals surface area (Å²) in [4.78, 5) is 28.3. The van der Waals surface area contributed by atoms with Gasteiger partial charge in [-0.15, -0.1) is 0 Å². The van der Waals surface area contributed by atoms with Crippen LogP contribution in [0.4, 0.5) is 5.82 Å². The highest BCUT2D eigenvalue weighted by Crippen LogP contribution is 2.29. The number of carbonyl (C=O) groups is 1. The van der Waals surface area contributed by atoms with Crippen LogP contribution in [0.1, 0.15) is 38.7 Å². The molecule has 1 aliphatic rings. The molecule has 0 radical (unpaired) electrons. The van der Waals surface area contributed by atoms with Gasteiger partial charge in [-0.05, 0) is 68.2 Å². The van der Waals surface area contributed by atoms with Gasteiger partial charge in [-0.1, -0.05) is 19.1 Å². The summed E-state index contributed by atoms with van der Waals surface area (Å²) in [7, 11) is 0. The average Bonchev–Trinajstić information content (AvgIpc) is 3.67. The number of nitrogen functional groups attached to an aromatic ring is 1. The predicted octanol–water partition coefficient (Wildman–Crippen LogP) is 2.91. The lowest BCUT2D eigenvalue weighted by atomic mass is 10.1. The van der Waals surface area contributed by atoms with Crippen molar-refractivity contribution in [1.29, 1.82) is 0 Å². The second-order valence-electron chi connectivity index (χ2n) is 7.75. The molecule has 0 bridgehead atoms. The highest BCUT2D eigenvalue weighted by molar-refractivity contribution is 5.84. The fraction of sp³-hybridized carbons (Fsp3) is 0.269. The normalized spacial score (nSPS) is 14.5. The van der Waals surface area contributed by atoms with Crippen molar-refractivity contribution in [3.63, 3.8) is 0 Å². The van der Waals surface area contributed by atoms with E-state index >= 15 is 0 Å². The Morgan fingerprint density at radius 1 is 1.21 bits per heavy atom. The van der Waals surface area contributed by atoms with Gasteiger partial charge in [-0.3, -0.25) is 9.78 Å². The van der Waals surface area contributed by atoms with E-state index in [4.69, 9.17) is 5.73 Å². The zero-order chi connectivity index (χ0) is 23.6. The number of rotatable bonds is 5. The van der Waals surface area contributed by atoms with Crippen molar-refractivity contribution >= 4 is 23.9 Å². The van der Waals surface area contributed by atoms with Crippen LogP contribution in [0.25, 0.3) is 23.4 Å². The third-order valence-electron chi connectivity index (χ3n) is 5.15. The number of anilines is 1. The van der Waals surface area contributed by atoms with Crippen LogP contribution in [0.3, 0.4) is 0 Å². The van der Waals surface area contributed by atoms with Crippen molar-refractivity contribution < 1.29 is 4.79 Å². The summed E-state index contributed by atoms with van der Waals surface area (Å²) in [5.74, 6) is 0.721. The number of carbonyl (C=O) groups excluding carboxylic acids is 1. The predicted molar refractivity (Wildman–Crippen MR) is 132 cm³/mol. The van der Waals surface area contributed by atoms with E-state index in [0.717, 1.165) is 52.2 Å². The Hall–Kier alpha value is -3.87. The molecule has 33 heavy (non-hydrogen) atoms. The molecule has 0 saturated heterocycles. The summed E-state index contributed by atoms with van der Waals surface area (Å²) >= 11 is 0. The van der Waals surface area contributed by atoms with E-state index in [0.29, 0.717) is 5.82 Å². The average molecular weight is 443 g/mol. The molecule has 0 aromatic carbocycles. The van der Waals surface area contributed by atoms with Crippen molar-refractivity contribution in [2.24, 2.45) is 5.92 Å². The lowest BCUT2D eigenvalue weighted by Gasteiger charge is -2.08. The van der Waals surface area contributed by atoms with Gasteiger partial charge in [-0.25, -0.2) is 15.0 Å². The molecule has 1 amide bonds. The molecule has 0 unspecified atom stereocenters. The van der Waals surface area contributed by atoms with Gasteiger partial charge < -0.3 is 11.1 Å². The molecule has 170 valence electrons. The molecule has 0 aliphatic heterocycles. The van der Waals surface area contributed by atoms with Crippen LogP contribution >= 0.6 is 0 Å². The molecule has 7 heteroatoms. The molecule has 0 spiro atoms. The largest absolute Gasteiger partial charge is 0.383 e. The minimum absolute atomic E-state index is 0.0957. The minimum Gasteiger partial charge on any atom is -0.383 e. The van der Waals surface area contributed by atoms with Crippen molar-refractivity contribution in [1.82, 2.24) is 25.3 Å². The molecule has 1 saturated carbocycles. The third-order valence-corrected chi connectivity index (χ3v) is 5.15. The molecule has 3 N–H and O–H groups in total. The van der Waals surface area contributed by atoms with E-state index in [9.17, 15) is 4.79 Å². The molecule has 3 heterocycles. The number of aryl methyl sites for hydroxylation is 1. The Kier molecular flexibility index (Phi) is 8.41. The Labute approximate surface area is 194 Å². The molecular weight excluding hydrogens is 412 g/mol. The van der Waals surface area contributed by atoms with Crippen LogP contribution in [-0.2, 0) is 4.79 Å². The first-order chi connectivity index (χ1) is 16.0. The smallest absolute Gasteiger partial charge is 0.227 e. The molecule has 4 rings (SSSR count). The molecule has 7 nitrogen and oxygen atoms in total. The van der Waals surface area contributed by atoms with Gasteiger partial charge in [0.1, 0.15) is 12.1 Å². The highest BCUT2D eigenvalue weighted by Gasteiger charge is 2.29. The maximum Gasteiger partial charge on any atom is 0.227 e. The lowest BCUT2D eigenvalue weighted by Crippen LogP contribution is -2.31. The van der Waals surface area contributed by atoms with E-state index in [2.05, 4.69) is 32.2 Å². The first-order valence-electron chi connectivity index (χ1n) is 11.1. The quantitative estimate of drug-likeness (QED) is 0.629. The molecular formula is C26H30N6O. The third kappa shape index (κ3) is 6.80. The van der Waals surface area contributed by atoms with E-state index in [-0.39, 0.29) is 11.8 Å².